The maximum atomic E-state index is 12.1. The van der Waals surface area contributed by atoms with Gasteiger partial charge in [-0.25, -0.2) is 0 Å². The number of ether oxygens (including phenoxy) is 1. The summed E-state index contributed by atoms with van der Waals surface area (Å²) >= 11 is 0. The van der Waals surface area contributed by atoms with E-state index in [1.54, 1.807) is 6.20 Å². The number of amides is 1. The molecule has 1 saturated heterocycles. The van der Waals surface area contributed by atoms with Gasteiger partial charge in [0.1, 0.15) is 0 Å². The first-order valence-corrected chi connectivity index (χ1v) is 6.53. The van der Waals surface area contributed by atoms with E-state index in [1.165, 1.54) is 5.56 Å². The summed E-state index contributed by atoms with van der Waals surface area (Å²) in [5.74, 6) is 0.245. The van der Waals surface area contributed by atoms with Crippen LogP contribution in [-0.4, -0.2) is 41.6 Å². The number of carbonyl (C=O) groups excluding carboxylic acids is 1. The number of morpholine rings is 1. The number of hydrogen-bond acceptors (Lipinski definition) is 3. The van der Waals surface area contributed by atoms with Crippen LogP contribution >= 0.6 is 0 Å². The zero-order chi connectivity index (χ0) is 12.8. The lowest BCUT2D eigenvalue weighted by Gasteiger charge is -2.33. The van der Waals surface area contributed by atoms with Crippen LogP contribution in [0.2, 0.25) is 0 Å². The lowest BCUT2D eigenvalue weighted by Crippen LogP contribution is -2.47. The second-order valence-electron chi connectivity index (χ2n) is 4.73. The van der Waals surface area contributed by atoms with Crippen LogP contribution in [-0.2, 0) is 16.0 Å². The molecule has 1 aliphatic heterocycles. The van der Waals surface area contributed by atoms with Crippen molar-refractivity contribution in [1.82, 2.24) is 9.88 Å². The fraction of sp³-hybridized carbons (Fsp3) is 0.571. The molecule has 1 fully saturated rings. The first-order valence-electron chi connectivity index (χ1n) is 6.53. The van der Waals surface area contributed by atoms with Crippen molar-refractivity contribution in [2.45, 2.75) is 32.2 Å². The van der Waals surface area contributed by atoms with Crippen molar-refractivity contribution in [2.24, 2.45) is 0 Å². The Morgan fingerprint density at radius 2 is 2.50 bits per heavy atom. The van der Waals surface area contributed by atoms with E-state index < -0.39 is 0 Å². The highest BCUT2D eigenvalue weighted by atomic mass is 16.5. The molecule has 1 aromatic heterocycles. The van der Waals surface area contributed by atoms with Crippen molar-refractivity contribution >= 4 is 5.91 Å². The van der Waals surface area contributed by atoms with Gasteiger partial charge in [0.15, 0.2) is 0 Å². The Hall–Kier alpha value is -1.42. The Labute approximate surface area is 108 Å². The average molecular weight is 248 g/mol. The van der Waals surface area contributed by atoms with Gasteiger partial charge >= 0.3 is 0 Å². The summed E-state index contributed by atoms with van der Waals surface area (Å²) in [6.07, 6.45) is 6.04. The van der Waals surface area contributed by atoms with Crippen molar-refractivity contribution in [3.05, 3.63) is 30.1 Å². The topological polar surface area (TPSA) is 42.4 Å². The summed E-state index contributed by atoms with van der Waals surface area (Å²) in [5.41, 5.74) is 1.19. The highest BCUT2D eigenvalue weighted by Crippen LogP contribution is 2.10. The van der Waals surface area contributed by atoms with Crippen LogP contribution in [0.25, 0.3) is 0 Å². The minimum Gasteiger partial charge on any atom is -0.377 e. The summed E-state index contributed by atoms with van der Waals surface area (Å²) in [5, 5.41) is 0. The molecule has 98 valence electrons. The predicted octanol–water partition coefficient (Wildman–Crippen LogP) is 1.65. The molecule has 1 amide bonds. The molecule has 0 aliphatic carbocycles. The average Bonchev–Trinajstić information content (AvgIpc) is 2.40. The lowest BCUT2D eigenvalue weighted by molar-refractivity contribution is -0.139. The Morgan fingerprint density at radius 3 is 3.22 bits per heavy atom. The maximum absolute atomic E-state index is 12.1. The normalized spacial score (nSPS) is 19.8. The summed E-state index contributed by atoms with van der Waals surface area (Å²) in [4.78, 5) is 18.1. The Kier molecular flexibility index (Phi) is 4.70. The molecule has 2 heterocycles. The number of hydrogen-bond donors (Lipinski definition) is 0. The summed E-state index contributed by atoms with van der Waals surface area (Å²) in [6, 6.07) is 4.19. The standard InChI is InChI=1S/C14H20N2O2/c1-12-11-18-9-8-16(12)14(17)6-2-4-13-5-3-7-15-10-13/h3,5,7,10,12H,2,4,6,8-9,11H2,1H3. The predicted molar refractivity (Wildman–Crippen MR) is 69.2 cm³/mol. The molecule has 1 aliphatic rings. The van der Waals surface area contributed by atoms with Crippen molar-refractivity contribution in [3.63, 3.8) is 0 Å². The van der Waals surface area contributed by atoms with Crippen molar-refractivity contribution in [1.29, 1.82) is 0 Å². The summed E-state index contributed by atoms with van der Waals surface area (Å²) in [7, 11) is 0. The van der Waals surface area contributed by atoms with E-state index in [9.17, 15) is 4.79 Å². The van der Waals surface area contributed by atoms with Crippen LogP contribution in [0.5, 0.6) is 0 Å². The van der Waals surface area contributed by atoms with Gasteiger partial charge in [0.25, 0.3) is 0 Å². The minimum absolute atomic E-state index is 0.213. The van der Waals surface area contributed by atoms with Crippen molar-refractivity contribution in [2.75, 3.05) is 19.8 Å². The molecule has 1 unspecified atom stereocenters. The highest BCUT2D eigenvalue weighted by Gasteiger charge is 2.22. The number of aryl methyl sites for hydroxylation is 1. The van der Waals surface area contributed by atoms with Gasteiger partial charge in [0.2, 0.25) is 5.91 Å². The lowest BCUT2D eigenvalue weighted by atomic mass is 10.1. The number of carbonyl (C=O) groups is 1. The van der Waals surface area contributed by atoms with Crippen molar-refractivity contribution < 1.29 is 9.53 Å². The second kappa shape index (κ2) is 6.50. The van der Waals surface area contributed by atoms with Gasteiger partial charge in [-0.05, 0) is 31.4 Å². The molecule has 1 aromatic rings. The van der Waals surface area contributed by atoms with Gasteiger partial charge in [0.05, 0.1) is 19.3 Å². The summed E-state index contributed by atoms with van der Waals surface area (Å²) < 4.78 is 5.33. The number of pyridine rings is 1. The van der Waals surface area contributed by atoms with Crippen LogP contribution in [0.15, 0.2) is 24.5 Å². The largest absolute Gasteiger partial charge is 0.377 e. The smallest absolute Gasteiger partial charge is 0.222 e. The number of nitrogens with zero attached hydrogens (tertiary/aromatic N) is 2. The van der Waals surface area contributed by atoms with Crippen LogP contribution in [0.4, 0.5) is 0 Å². The van der Waals surface area contributed by atoms with Crippen molar-refractivity contribution in [3.8, 4) is 0 Å². The molecule has 0 spiro atoms. The first kappa shape index (κ1) is 13.0. The van der Waals surface area contributed by atoms with Gasteiger partial charge < -0.3 is 9.64 Å². The molecule has 4 nitrogen and oxygen atoms in total. The van der Waals surface area contributed by atoms with Crippen LogP contribution in [0.1, 0.15) is 25.3 Å². The molecule has 1 atom stereocenters. The van der Waals surface area contributed by atoms with E-state index in [0.29, 0.717) is 19.6 Å². The summed E-state index contributed by atoms with van der Waals surface area (Å²) in [6.45, 7) is 4.10. The SMILES string of the molecule is CC1COCCN1C(=O)CCCc1cccnc1. The fourth-order valence-electron chi connectivity index (χ4n) is 2.23. The van der Waals surface area contributed by atoms with E-state index >= 15 is 0 Å². The van der Waals surface area contributed by atoms with Gasteiger partial charge in [-0.2, -0.15) is 0 Å². The Morgan fingerprint density at radius 1 is 1.61 bits per heavy atom. The molecule has 18 heavy (non-hydrogen) atoms. The zero-order valence-electron chi connectivity index (χ0n) is 10.8. The molecule has 4 heteroatoms. The molecule has 0 saturated carbocycles. The highest BCUT2D eigenvalue weighted by molar-refractivity contribution is 5.76. The molecule has 0 N–H and O–H groups in total. The molecular formula is C14H20N2O2. The Bertz CT molecular complexity index is 381. The van der Waals surface area contributed by atoms with Crippen LogP contribution in [0.3, 0.4) is 0 Å². The molecule has 2 rings (SSSR count). The van der Waals surface area contributed by atoms with E-state index in [0.717, 1.165) is 19.4 Å². The second-order valence-corrected chi connectivity index (χ2v) is 4.73. The van der Waals surface area contributed by atoms with E-state index in [1.807, 2.05) is 24.1 Å². The van der Waals surface area contributed by atoms with Crippen LogP contribution in [0, 0.1) is 0 Å². The third kappa shape index (κ3) is 3.53. The van der Waals surface area contributed by atoms with E-state index in [4.69, 9.17) is 4.74 Å². The van der Waals surface area contributed by atoms with Gasteiger partial charge in [0, 0.05) is 25.4 Å². The quantitative estimate of drug-likeness (QED) is 0.813. The van der Waals surface area contributed by atoms with Gasteiger partial charge in [-0.15, -0.1) is 0 Å². The number of aromatic nitrogens is 1. The molecule has 0 aromatic carbocycles. The number of rotatable bonds is 4. The molecular weight excluding hydrogens is 228 g/mol. The Balaban J connectivity index is 1.74. The third-order valence-corrected chi connectivity index (χ3v) is 3.27. The van der Waals surface area contributed by atoms with E-state index in [-0.39, 0.29) is 11.9 Å². The molecule has 0 radical (unpaired) electrons. The fourth-order valence-corrected chi connectivity index (χ4v) is 2.23. The minimum atomic E-state index is 0.213. The van der Waals surface area contributed by atoms with Gasteiger partial charge in [-0.3, -0.25) is 9.78 Å². The van der Waals surface area contributed by atoms with Gasteiger partial charge in [-0.1, -0.05) is 6.07 Å². The first-order chi connectivity index (χ1) is 8.77. The van der Waals surface area contributed by atoms with Crippen LogP contribution < -0.4 is 0 Å². The maximum Gasteiger partial charge on any atom is 0.222 e. The monoisotopic (exact) mass is 248 g/mol. The molecule has 0 bridgehead atoms. The zero-order valence-corrected chi connectivity index (χ0v) is 10.8. The third-order valence-electron chi connectivity index (χ3n) is 3.27. The van der Waals surface area contributed by atoms with E-state index in [2.05, 4.69) is 11.1 Å².